The van der Waals surface area contributed by atoms with Crippen molar-refractivity contribution in [2.45, 2.75) is 88.8 Å². The van der Waals surface area contributed by atoms with E-state index in [1.165, 1.54) is 5.56 Å². The second kappa shape index (κ2) is 9.92. The molecule has 2 unspecified atom stereocenters. The lowest BCUT2D eigenvalue weighted by molar-refractivity contribution is -0.0872. The van der Waals surface area contributed by atoms with Gasteiger partial charge in [0.1, 0.15) is 16.6 Å². The van der Waals surface area contributed by atoms with E-state index in [0.29, 0.717) is 18.7 Å². The first-order valence-corrected chi connectivity index (χ1v) is 13.6. The summed E-state index contributed by atoms with van der Waals surface area (Å²) in [6.45, 7) is 13.4. The van der Waals surface area contributed by atoms with Crippen LogP contribution in [0.25, 0.3) is 0 Å². The van der Waals surface area contributed by atoms with Crippen molar-refractivity contribution in [3.63, 3.8) is 0 Å². The number of hydrogen-bond donors (Lipinski definition) is 0. The van der Waals surface area contributed by atoms with Crippen LogP contribution in [0.3, 0.4) is 0 Å². The zero-order valence-electron chi connectivity index (χ0n) is 21.2. The van der Waals surface area contributed by atoms with Gasteiger partial charge in [-0.15, -0.1) is 0 Å². The molecule has 0 aromatic heterocycles. The Kier molecular flexibility index (Phi) is 7.32. The highest BCUT2D eigenvalue weighted by Gasteiger charge is 2.44. The molecular formula is C28H37NO4S. The molecule has 1 spiro atoms. The summed E-state index contributed by atoms with van der Waals surface area (Å²) >= 11 is -1.06. The van der Waals surface area contributed by atoms with Crippen molar-refractivity contribution in [1.29, 1.82) is 0 Å². The van der Waals surface area contributed by atoms with E-state index in [2.05, 4.69) is 39.0 Å². The van der Waals surface area contributed by atoms with Crippen molar-refractivity contribution < 1.29 is 18.8 Å². The predicted octanol–water partition coefficient (Wildman–Crippen LogP) is 5.74. The highest BCUT2D eigenvalue weighted by molar-refractivity contribution is 7.92. The minimum absolute atomic E-state index is 0.00271. The van der Waals surface area contributed by atoms with E-state index in [-0.39, 0.29) is 29.0 Å². The summed E-state index contributed by atoms with van der Waals surface area (Å²) in [5.41, 5.74) is 3.58. The molecular weight excluding hydrogens is 446 g/mol. The maximum Gasteiger partial charge on any atom is 0.253 e. The van der Waals surface area contributed by atoms with E-state index in [4.69, 9.17) is 9.47 Å². The number of carbonyl (C=O) groups is 1. The minimum Gasteiger partial charge on any atom is -0.611 e. The number of amides is 1. The molecule has 0 aliphatic carbocycles. The highest BCUT2D eigenvalue weighted by atomic mass is 32.2. The Hall–Kier alpha value is -2.02. The van der Waals surface area contributed by atoms with E-state index in [1.807, 2.05) is 43.9 Å². The largest absolute Gasteiger partial charge is 0.611 e. The molecule has 1 fully saturated rings. The zero-order valence-corrected chi connectivity index (χ0v) is 22.0. The molecule has 2 aromatic rings. The van der Waals surface area contributed by atoms with Crippen LogP contribution in [-0.4, -0.2) is 45.4 Å². The number of ether oxygens (including phenoxy) is 2. The Morgan fingerprint density at radius 1 is 1.12 bits per heavy atom. The van der Waals surface area contributed by atoms with Crippen LogP contribution in [0.4, 0.5) is 0 Å². The lowest BCUT2D eigenvalue weighted by atomic mass is 9.81. The van der Waals surface area contributed by atoms with Gasteiger partial charge < -0.3 is 18.9 Å². The van der Waals surface area contributed by atoms with Crippen LogP contribution in [0, 0.1) is 13.8 Å². The normalized spacial score (nSPS) is 20.4. The summed E-state index contributed by atoms with van der Waals surface area (Å²) in [5.74, 6) is 0.938. The smallest absolute Gasteiger partial charge is 0.253 e. The SMILES string of the molecule is Cc1ccc2c(c1)C(OC(C)C)CC1(CCN(C(=O)c3ccc([S+]([O-])C(C)C)c(C)c3)CC1)O2. The molecule has 2 aliphatic rings. The van der Waals surface area contributed by atoms with Crippen LogP contribution in [0.2, 0.25) is 0 Å². The van der Waals surface area contributed by atoms with Crippen LogP contribution < -0.4 is 4.74 Å². The summed E-state index contributed by atoms with van der Waals surface area (Å²) in [4.78, 5) is 16.0. The number of likely N-dealkylation sites (tertiary alicyclic amines) is 1. The Morgan fingerprint density at radius 2 is 1.82 bits per heavy atom. The second-order valence-electron chi connectivity index (χ2n) is 10.3. The maximum atomic E-state index is 13.3. The number of piperidine rings is 1. The fraction of sp³-hybridized carbons (Fsp3) is 0.536. The molecule has 184 valence electrons. The average Bonchev–Trinajstić information content (AvgIpc) is 2.79. The molecule has 4 rings (SSSR count). The van der Waals surface area contributed by atoms with Crippen LogP contribution in [0.5, 0.6) is 5.75 Å². The molecule has 0 saturated carbocycles. The van der Waals surface area contributed by atoms with Crippen LogP contribution in [0.15, 0.2) is 41.3 Å². The Morgan fingerprint density at radius 3 is 2.44 bits per heavy atom. The van der Waals surface area contributed by atoms with Gasteiger partial charge in [-0.25, -0.2) is 0 Å². The first-order valence-electron chi connectivity index (χ1n) is 12.3. The van der Waals surface area contributed by atoms with Crippen molar-refractivity contribution in [3.05, 3.63) is 58.7 Å². The summed E-state index contributed by atoms with van der Waals surface area (Å²) in [6, 6.07) is 11.9. The molecule has 0 N–H and O–H groups in total. The first-order chi connectivity index (χ1) is 16.1. The molecule has 0 radical (unpaired) electrons. The molecule has 5 nitrogen and oxygen atoms in total. The van der Waals surface area contributed by atoms with Gasteiger partial charge in [0.25, 0.3) is 5.91 Å². The van der Waals surface area contributed by atoms with E-state index < -0.39 is 11.2 Å². The van der Waals surface area contributed by atoms with Crippen LogP contribution in [0.1, 0.15) is 80.1 Å². The van der Waals surface area contributed by atoms with E-state index in [9.17, 15) is 9.35 Å². The number of carbonyl (C=O) groups excluding carboxylic acids is 1. The minimum atomic E-state index is -1.06. The van der Waals surface area contributed by atoms with Crippen molar-refractivity contribution >= 4 is 17.1 Å². The monoisotopic (exact) mass is 483 g/mol. The van der Waals surface area contributed by atoms with Gasteiger partial charge in [0.15, 0.2) is 4.90 Å². The molecule has 1 amide bonds. The van der Waals surface area contributed by atoms with E-state index >= 15 is 0 Å². The summed E-state index contributed by atoms with van der Waals surface area (Å²) in [6.07, 6.45) is 2.49. The second-order valence-corrected chi connectivity index (χ2v) is 12.3. The van der Waals surface area contributed by atoms with Gasteiger partial charge in [-0.3, -0.25) is 4.79 Å². The fourth-order valence-electron chi connectivity index (χ4n) is 5.05. The standard InChI is InChI=1S/C28H37NO4S/c1-18(2)32-25-17-28(33-24-9-7-20(5)15-23(24)25)11-13-29(14-12-28)27(30)22-8-10-26(21(6)16-22)34(31)19(3)4/h7-10,15-16,18-19,25H,11-14,17H2,1-6H3. The quantitative estimate of drug-likeness (QED) is 0.509. The third kappa shape index (κ3) is 5.14. The number of rotatable bonds is 5. The van der Waals surface area contributed by atoms with Gasteiger partial charge in [0, 0.05) is 49.0 Å². The number of fused-ring (bicyclic) bond motifs is 1. The maximum absolute atomic E-state index is 13.3. The summed E-state index contributed by atoms with van der Waals surface area (Å²) < 4.78 is 25.4. The molecule has 2 aliphatic heterocycles. The van der Waals surface area contributed by atoms with Gasteiger partial charge in [-0.1, -0.05) is 11.6 Å². The zero-order chi connectivity index (χ0) is 24.6. The number of benzene rings is 2. The summed E-state index contributed by atoms with van der Waals surface area (Å²) in [7, 11) is 0. The third-order valence-electron chi connectivity index (χ3n) is 6.86. The van der Waals surface area contributed by atoms with Gasteiger partial charge in [0.05, 0.1) is 12.2 Å². The Balaban J connectivity index is 1.48. The molecule has 1 saturated heterocycles. The fourth-order valence-corrected chi connectivity index (χ4v) is 6.14. The number of hydrogen-bond acceptors (Lipinski definition) is 4. The van der Waals surface area contributed by atoms with Crippen molar-refractivity contribution in [3.8, 4) is 5.75 Å². The van der Waals surface area contributed by atoms with Gasteiger partial charge in [0.2, 0.25) is 0 Å². The highest BCUT2D eigenvalue weighted by Crippen LogP contribution is 2.46. The predicted molar refractivity (Wildman–Crippen MR) is 136 cm³/mol. The molecule has 34 heavy (non-hydrogen) atoms. The van der Waals surface area contributed by atoms with Gasteiger partial charge in [-0.05, 0) is 83.1 Å². The molecule has 2 atom stereocenters. The number of nitrogens with zero attached hydrogens (tertiary/aromatic N) is 1. The molecule has 0 bridgehead atoms. The Labute approximate surface area is 207 Å². The van der Waals surface area contributed by atoms with Crippen molar-refractivity contribution in [1.82, 2.24) is 4.90 Å². The van der Waals surface area contributed by atoms with E-state index in [1.54, 1.807) is 0 Å². The lowest BCUT2D eigenvalue weighted by Crippen LogP contribution is -2.52. The Bertz CT molecular complexity index is 1040. The number of aryl methyl sites for hydroxylation is 2. The molecule has 6 heteroatoms. The van der Waals surface area contributed by atoms with Gasteiger partial charge in [-0.2, -0.15) is 0 Å². The first kappa shape index (κ1) is 25.1. The van der Waals surface area contributed by atoms with Gasteiger partial charge >= 0.3 is 0 Å². The summed E-state index contributed by atoms with van der Waals surface area (Å²) in [5, 5.41) is 0.0478. The molecule has 2 aromatic carbocycles. The van der Waals surface area contributed by atoms with Crippen LogP contribution >= 0.6 is 0 Å². The van der Waals surface area contributed by atoms with Crippen LogP contribution in [-0.2, 0) is 15.9 Å². The molecule has 2 heterocycles. The average molecular weight is 484 g/mol. The topological polar surface area (TPSA) is 61.8 Å². The third-order valence-corrected chi connectivity index (χ3v) is 8.61. The van der Waals surface area contributed by atoms with Crippen molar-refractivity contribution in [2.75, 3.05) is 13.1 Å². The van der Waals surface area contributed by atoms with E-state index in [0.717, 1.165) is 41.0 Å². The van der Waals surface area contributed by atoms with Crippen molar-refractivity contribution in [2.24, 2.45) is 0 Å². The lowest BCUT2D eigenvalue weighted by Gasteiger charge is -2.47.